The molecule has 8 heteroatoms. The summed E-state index contributed by atoms with van der Waals surface area (Å²) in [5.41, 5.74) is 0.206. The highest BCUT2D eigenvalue weighted by molar-refractivity contribution is 6.31. The minimum atomic E-state index is -1.16. The molecular formula is C20H16ClNO6. The van der Waals surface area contributed by atoms with Crippen molar-refractivity contribution in [1.82, 2.24) is 0 Å². The van der Waals surface area contributed by atoms with Gasteiger partial charge in [0.25, 0.3) is 5.91 Å². The number of hydrogen-bond acceptors (Lipinski definition) is 6. The molecule has 3 rings (SSSR count). The highest BCUT2D eigenvalue weighted by atomic mass is 35.5. The Kier molecular flexibility index (Phi) is 5.65. The van der Waals surface area contributed by atoms with Crippen LogP contribution in [0.5, 0.6) is 5.75 Å². The van der Waals surface area contributed by atoms with Crippen LogP contribution in [0.2, 0.25) is 5.02 Å². The number of carbonyl (C=O) groups excluding carboxylic acids is 2. The highest BCUT2D eigenvalue weighted by Crippen LogP contribution is 2.27. The van der Waals surface area contributed by atoms with E-state index in [4.69, 9.17) is 25.5 Å². The molecule has 28 heavy (non-hydrogen) atoms. The van der Waals surface area contributed by atoms with Crippen molar-refractivity contribution in [2.75, 3.05) is 12.4 Å². The number of rotatable bonds is 5. The van der Waals surface area contributed by atoms with Crippen molar-refractivity contribution in [3.8, 4) is 5.75 Å². The highest BCUT2D eigenvalue weighted by Gasteiger charge is 2.22. The van der Waals surface area contributed by atoms with Gasteiger partial charge >= 0.3 is 5.97 Å². The number of halogens is 1. The zero-order valence-electron chi connectivity index (χ0n) is 15.0. The zero-order valence-corrected chi connectivity index (χ0v) is 15.8. The maximum absolute atomic E-state index is 12.4. The second-order valence-electron chi connectivity index (χ2n) is 5.85. The molecule has 0 bridgehead atoms. The van der Waals surface area contributed by atoms with Gasteiger partial charge in [0, 0.05) is 11.1 Å². The number of anilines is 1. The maximum Gasteiger partial charge on any atom is 0.375 e. The molecule has 0 spiro atoms. The monoisotopic (exact) mass is 401 g/mol. The quantitative estimate of drug-likeness (QED) is 0.656. The molecule has 1 amide bonds. The molecule has 0 aliphatic carbocycles. The molecule has 0 fully saturated rings. The third-order valence-electron chi connectivity index (χ3n) is 3.91. The Labute approximate surface area is 164 Å². The Morgan fingerprint density at radius 3 is 2.64 bits per heavy atom. The molecule has 0 aliphatic heterocycles. The lowest BCUT2D eigenvalue weighted by molar-refractivity contribution is -0.123. The summed E-state index contributed by atoms with van der Waals surface area (Å²) in [6.45, 7) is 1.39. The van der Waals surface area contributed by atoms with Crippen LogP contribution in [0.15, 0.2) is 57.7 Å². The summed E-state index contributed by atoms with van der Waals surface area (Å²) in [7, 11) is 1.45. The smallest absolute Gasteiger partial charge is 0.375 e. The van der Waals surface area contributed by atoms with E-state index in [0.29, 0.717) is 21.8 Å². The second kappa shape index (κ2) is 8.14. The molecule has 144 valence electrons. The lowest BCUT2D eigenvalue weighted by atomic mass is 10.2. The first-order valence-electron chi connectivity index (χ1n) is 8.27. The third-order valence-corrected chi connectivity index (χ3v) is 4.14. The molecule has 0 unspecified atom stereocenters. The average molecular weight is 402 g/mol. The van der Waals surface area contributed by atoms with Crippen LogP contribution in [0.1, 0.15) is 17.5 Å². The molecular weight excluding hydrogens is 386 g/mol. The minimum Gasteiger partial charge on any atom is -0.495 e. The number of benzene rings is 2. The van der Waals surface area contributed by atoms with Crippen LogP contribution in [-0.4, -0.2) is 25.1 Å². The van der Waals surface area contributed by atoms with Gasteiger partial charge in [-0.3, -0.25) is 9.59 Å². The standard InChI is InChI=1S/C20H16ClNO6/c1-11(19(24)22-14-9-12(21)7-8-17(14)26-2)27-20(25)18-10-15(23)13-5-3-4-6-16(13)28-18/h3-11H,1-2H3,(H,22,24)/t11-/m0/s1. The Balaban J connectivity index is 1.75. The number of fused-ring (bicyclic) bond motifs is 1. The fourth-order valence-electron chi connectivity index (χ4n) is 2.49. The van der Waals surface area contributed by atoms with Gasteiger partial charge in [-0.05, 0) is 37.3 Å². The third kappa shape index (κ3) is 4.15. The van der Waals surface area contributed by atoms with Crippen LogP contribution in [0.4, 0.5) is 5.69 Å². The number of ether oxygens (including phenoxy) is 2. The maximum atomic E-state index is 12.4. The van der Waals surface area contributed by atoms with Gasteiger partial charge in [0.2, 0.25) is 5.76 Å². The van der Waals surface area contributed by atoms with Crippen molar-refractivity contribution >= 4 is 40.1 Å². The van der Waals surface area contributed by atoms with E-state index in [1.54, 1.807) is 36.4 Å². The largest absolute Gasteiger partial charge is 0.495 e. The lowest BCUT2D eigenvalue weighted by Crippen LogP contribution is -2.30. The second-order valence-corrected chi connectivity index (χ2v) is 6.29. The first kappa shape index (κ1) is 19.4. The predicted octanol–water partition coefficient (Wildman–Crippen LogP) is 3.64. The number of carbonyl (C=O) groups is 2. The zero-order chi connectivity index (χ0) is 20.3. The van der Waals surface area contributed by atoms with Crippen LogP contribution >= 0.6 is 11.6 Å². The van der Waals surface area contributed by atoms with Gasteiger partial charge in [-0.2, -0.15) is 0 Å². The molecule has 0 saturated heterocycles. The molecule has 1 N–H and O–H groups in total. The topological polar surface area (TPSA) is 94.8 Å². The summed E-state index contributed by atoms with van der Waals surface area (Å²) in [4.78, 5) is 36.8. The van der Waals surface area contributed by atoms with Gasteiger partial charge in [0.1, 0.15) is 11.3 Å². The van der Waals surface area contributed by atoms with E-state index >= 15 is 0 Å². The Morgan fingerprint density at radius 2 is 1.89 bits per heavy atom. The molecule has 2 aromatic carbocycles. The van der Waals surface area contributed by atoms with Crippen molar-refractivity contribution in [1.29, 1.82) is 0 Å². The van der Waals surface area contributed by atoms with Crippen LogP contribution in [0.3, 0.4) is 0 Å². The molecule has 3 aromatic rings. The number of methoxy groups -OCH3 is 1. The molecule has 7 nitrogen and oxygen atoms in total. The number of hydrogen-bond donors (Lipinski definition) is 1. The summed E-state index contributed by atoms with van der Waals surface area (Å²) >= 11 is 5.93. The van der Waals surface area contributed by atoms with Crippen LogP contribution < -0.4 is 15.5 Å². The van der Waals surface area contributed by atoms with Crippen LogP contribution in [-0.2, 0) is 9.53 Å². The van der Waals surface area contributed by atoms with Gasteiger partial charge in [-0.25, -0.2) is 4.79 Å². The first-order valence-corrected chi connectivity index (χ1v) is 8.65. The van der Waals surface area contributed by atoms with Crippen LogP contribution in [0.25, 0.3) is 11.0 Å². The Bertz CT molecular complexity index is 1110. The summed E-state index contributed by atoms with van der Waals surface area (Å²) in [5, 5.41) is 3.33. The SMILES string of the molecule is COc1ccc(Cl)cc1NC(=O)[C@H](C)OC(=O)c1cc(=O)c2ccccc2o1. The predicted molar refractivity (Wildman–Crippen MR) is 104 cm³/mol. The first-order chi connectivity index (χ1) is 13.4. The Hall–Kier alpha value is -3.32. The number of amides is 1. The van der Waals surface area contributed by atoms with E-state index in [2.05, 4.69) is 5.32 Å². The van der Waals surface area contributed by atoms with E-state index in [1.807, 2.05) is 0 Å². The molecule has 1 heterocycles. The number of para-hydroxylation sites is 1. The lowest BCUT2D eigenvalue weighted by Gasteiger charge is -2.15. The van der Waals surface area contributed by atoms with Crippen molar-refractivity contribution in [3.05, 3.63) is 69.5 Å². The van der Waals surface area contributed by atoms with Gasteiger partial charge in [-0.15, -0.1) is 0 Å². The van der Waals surface area contributed by atoms with Crippen molar-refractivity contribution in [2.24, 2.45) is 0 Å². The van der Waals surface area contributed by atoms with Gasteiger partial charge in [0.15, 0.2) is 11.5 Å². The number of nitrogens with one attached hydrogen (secondary N) is 1. The van der Waals surface area contributed by atoms with Gasteiger partial charge in [0.05, 0.1) is 18.2 Å². The fourth-order valence-corrected chi connectivity index (χ4v) is 2.66. The molecule has 0 saturated carbocycles. The van der Waals surface area contributed by atoms with Crippen molar-refractivity contribution in [2.45, 2.75) is 13.0 Å². The van der Waals surface area contributed by atoms with Crippen molar-refractivity contribution < 1.29 is 23.5 Å². The summed E-state index contributed by atoms with van der Waals surface area (Å²) < 4.78 is 15.7. The van der Waals surface area contributed by atoms with E-state index in [9.17, 15) is 14.4 Å². The van der Waals surface area contributed by atoms with E-state index < -0.39 is 18.0 Å². The van der Waals surface area contributed by atoms with Crippen molar-refractivity contribution in [3.63, 3.8) is 0 Å². The Morgan fingerprint density at radius 1 is 1.14 bits per heavy atom. The van der Waals surface area contributed by atoms with Gasteiger partial charge in [-0.1, -0.05) is 23.7 Å². The molecule has 1 atom stereocenters. The normalized spacial score (nSPS) is 11.7. The van der Waals surface area contributed by atoms with E-state index in [-0.39, 0.29) is 16.8 Å². The number of esters is 1. The van der Waals surface area contributed by atoms with E-state index in [0.717, 1.165) is 6.07 Å². The summed E-state index contributed by atoms with van der Waals surface area (Å²) in [6.07, 6.45) is -1.16. The fraction of sp³-hybridized carbons (Fsp3) is 0.150. The molecule has 0 aliphatic rings. The van der Waals surface area contributed by atoms with Crippen LogP contribution in [0, 0.1) is 0 Å². The minimum absolute atomic E-state index is 0.253. The molecule has 1 aromatic heterocycles. The summed E-state index contributed by atoms with van der Waals surface area (Å²) in [6, 6.07) is 12.3. The summed E-state index contributed by atoms with van der Waals surface area (Å²) in [5.74, 6) is -1.42. The molecule has 0 radical (unpaired) electrons. The van der Waals surface area contributed by atoms with E-state index in [1.165, 1.54) is 20.1 Å². The average Bonchev–Trinajstić information content (AvgIpc) is 2.68. The van der Waals surface area contributed by atoms with Gasteiger partial charge < -0.3 is 19.2 Å².